The van der Waals surface area contributed by atoms with Gasteiger partial charge in [0.15, 0.2) is 0 Å². The van der Waals surface area contributed by atoms with Gasteiger partial charge in [-0.2, -0.15) is 0 Å². The van der Waals surface area contributed by atoms with E-state index < -0.39 is 0 Å². The van der Waals surface area contributed by atoms with Gasteiger partial charge < -0.3 is 15.5 Å². The first-order valence-corrected chi connectivity index (χ1v) is 8.59. The second-order valence-electron chi connectivity index (χ2n) is 6.37. The number of likely N-dealkylation sites (tertiary alicyclic amines) is 2. The Morgan fingerprint density at radius 3 is 2.91 bits per heavy atom. The maximum Gasteiger partial charge on any atom is 0.225 e. The normalized spacial score (nSPS) is 25.9. The van der Waals surface area contributed by atoms with Gasteiger partial charge in [-0.15, -0.1) is 0 Å². The molecule has 2 atom stereocenters. The van der Waals surface area contributed by atoms with E-state index in [0.717, 1.165) is 32.6 Å². The van der Waals surface area contributed by atoms with E-state index in [1.807, 2.05) is 11.9 Å². The van der Waals surface area contributed by atoms with Crippen LogP contribution in [-0.2, 0) is 9.59 Å². The summed E-state index contributed by atoms with van der Waals surface area (Å²) in [7, 11) is 1.90. The van der Waals surface area contributed by atoms with Crippen LogP contribution in [0.15, 0.2) is 0 Å². The minimum atomic E-state index is -0.168. The lowest BCUT2D eigenvalue weighted by Gasteiger charge is -2.27. The molecule has 0 aromatic rings. The van der Waals surface area contributed by atoms with E-state index in [0.29, 0.717) is 25.6 Å². The lowest BCUT2D eigenvalue weighted by Crippen LogP contribution is -2.41. The molecular formula is C16H30N4O2. The number of hydrogen-bond acceptors (Lipinski definition) is 4. The van der Waals surface area contributed by atoms with Gasteiger partial charge >= 0.3 is 0 Å². The lowest BCUT2D eigenvalue weighted by molar-refractivity contribution is -0.129. The third-order valence-corrected chi connectivity index (χ3v) is 4.82. The summed E-state index contributed by atoms with van der Waals surface area (Å²) in [6.45, 7) is 7.30. The molecule has 0 radical (unpaired) electrons. The van der Waals surface area contributed by atoms with Crippen molar-refractivity contribution in [2.75, 3.05) is 46.3 Å². The Labute approximate surface area is 133 Å². The number of carbonyl (C=O) groups excluding carboxylic acids is 2. The molecule has 0 bridgehead atoms. The zero-order valence-electron chi connectivity index (χ0n) is 13.9. The molecule has 0 aromatic carbocycles. The zero-order chi connectivity index (χ0) is 15.9. The van der Waals surface area contributed by atoms with Gasteiger partial charge in [0.1, 0.15) is 0 Å². The van der Waals surface area contributed by atoms with Crippen molar-refractivity contribution in [1.82, 2.24) is 20.4 Å². The van der Waals surface area contributed by atoms with Gasteiger partial charge in [0.2, 0.25) is 11.8 Å². The third kappa shape index (κ3) is 4.43. The van der Waals surface area contributed by atoms with Crippen molar-refractivity contribution in [2.24, 2.45) is 5.92 Å². The Bertz CT molecular complexity index is 388. The molecule has 2 saturated heterocycles. The molecule has 2 heterocycles. The van der Waals surface area contributed by atoms with E-state index in [2.05, 4.69) is 22.5 Å². The lowest BCUT2D eigenvalue weighted by atomic mass is 10.1. The fraction of sp³-hybridized carbons (Fsp3) is 0.875. The van der Waals surface area contributed by atoms with Gasteiger partial charge in [-0.3, -0.25) is 14.5 Å². The standard InChI is InChI=1S/C16H30N4O2/c1-3-19-9-4-6-14(19)12-20-11-13(10-15(20)21)16(22)18-8-5-7-17-2/h13-14,17H,3-12H2,1-2H3,(H,18,22). The van der Waals surface area contributed by atoms with Crippen LogP contribution in [0.3, 0.4) is 0 Å². The summed E-state index contributed by atoms with van der Waals surface area (Å²) in [5.74, 6) is 0.00242. The summed E-state index contributed by atoms with van der Waals surface area (Å²) in [6, 6.07) is 0.478. The molecule has 2 aliphatic heterocycles. The highest BCUT2D eigenvalue weighted by Crippen LogP contribution is 2.23. The van der Waals surface area contributed by atoms with E-state index in [1.54, 1.807) is 0 Å². The Morgan fingerprint density at radius 2 is 2.18 bits per heavy atom. The van der Waals surface area contributed by atoms with Crippen LogP contribution >= 0.6 is 0 Å². The van der Waals surface area contributed by atoms with Crippen LogP contribution in [0.5, 0.6) is 0 Å². The molecule has 2 fully saturated rings. The van der Waals surface area contributed by atoms with Crippen molar-refractivity contribution in [1.29, 1.82) is 0 Å². The molecule has 0 spiro atoms. The quantitative estimate of drug-likeness (QED) is 0.622. The predicted octanol–water partition coefficient (Wildman–Crippen LogP) is 0.0449. The molecule has 6 heteroatoms. The molecule has 2 aliphatic rings. The van der Waals surface area contributed by atoms with Gasteiger partial charge in [0.25, 0.3) is 0 Å². The van der Waals surface area contributed by atoms with Crippen LogP contribution < -0.4 is 10.6 Å². The first-order valence-electron chi connectivity index (χ1n) is 8.59. The maximum absolute atomic E-state index is 12.2. The summed E-state index contributed by atoms with van der Waals surface area (Å²) >= 11 is 0. The highest BCUT2D eigenvalue weighted by molar-refractivity contribution is 5.89. The number of rotatable bonds is 8. The molecule has 2 rings (SSSR count). The Balaban J connectivity index is 1.76. The Kier molecular flexibility index (Phi) is 6.64. The topological polar surface area (TPSA) is 64.7 Å². The fourth-order valence-electron chi connectivity index (χ4n) is 3.52. The van der Waals surface area contributed by atoms with Crippen molar-refractivity contribution in [3.05, 3.63) is 0 Å². The average molecular weight is 310 g/mol. The number of hydrogen-bond donors (Lipinski definition) is 2. The minimum absolute atomic E-state index is 0.0331. The van der Waals surface area contributed by atoms with Gasteiger partial charge in [-0.1, -0.05) is 6.92 Å². The Hall–Kier alpha value is -1.14. The second kappa shape index (κ2) is 8.48. The van der Waals surface area contributed by atoms with Crippen LogP contribution in [0.4, 0.5) is 0 Å². The van der Waals surface area contributed by atoms with E-state index in [1.165, 1.54) is 12.8 Å². The van der Waals surface area contributed by atoms with Crippen LogP contribution in [0, 0.1) is 5.92 Å². The number of likely N-dealkylation sites (N-methyl/N-ethyl adjacent to an activating group) is 1. The molecule has 2 unspecified atom stereocenters. The monoisotopic (exact) mass is 310 g/mol. The van der Waals surface area contributed by atoms with E-state index >= 15 is 0 Å². The molecule has 126 valence electrons. The first kappa shape index (κ1) is 17.2. The molecule has 0 aromatic heterocycles. The largest absolute Gasteiger partial charge is 0.356 e. The molecule has 6 nitrogen and oxygen atoms in total. The van der Waals surface area contributed by atoms with E-state index in [4.69, 9.17) is 0 Å². The Morgan fingerprint density at radius 1 is 1.36 bits per heavy atom. The summed E-state index contributed by atoms with van der Waals surface area (Å²) < 4.78 is 0. The first-order chi connectivity index (χ1) is 10.7. The zero-order valence-corrected chi connectivity index (χ0v) is 13.9. The van der Waals surface area contributed by atoms with Crippen molar-refractivity contribution in [3.63, 3.8) is 0 Å². The van der Waals surface area contributed by atoms with E-state index in [-0.39, 0.29) is 17.7 Å². The predicted molar refractivity (Wildman–Crippen MR) is 86.5 cm³/mol. The summed E-state index contributed by atoms with van der Waals surface area (Å²) in [4.78, 5) is 28.6. The van der Waals surface area contributed by atoms with Crippen LogP contribution in [-0.4, -0.2) is 74.0 Å². The van der Waals surface area contributed by atoms with Crippen LogP contribution in [0.25, 0.3) is 0 Å². The minimum Gasteiger partial charge on any atom is -0.356 e. The second-order valence-corrected chi connectivity index (χ2v) is 6.37. The van der Waals surface area contributed by atoms with Crippen molar-refractivity contribution in [2.45, 2.75) is 38.6 Å². The average Bonchev–Trinajstić information content (AvgIpc) is 3.11. The highest BCUT2D eigenvalue weighted by atomic mass is 16.2. The van der Waals surface area contributed by atoms with Gasteiger partial charge in [0.05, 0.1) is 5.92 Å². The number of nitrogens with zero attached hydrogens (tertiary/aromatic N) is 2. The van der Waals surface area contributed by atoms with Crippen molar-refractivity contribution >= 4 is 11.8 Å². The third-order valence-electron chi connectivity index (χ3n) is 4.82. The molecule has 22 heavy (non-hydrogen) atoms. The fourth-order valence-corrected chi connectivity index (χ4v) is 3.52. The summed E-state index contributed by atoms with van der Waals surface area (Å²) in [6.07, 6.45) is 3.67. The van der Waals surface area contributed by atoms with Crippen molar-refractivity contribution < 1.29 is 9.59 Å². The van der Waals surface area contributed by atoms with E-state index in [9.17, 15) is 9.59 Å². The van der Waals surface area contributed by atoms with Gasteiger partial charge in [0, 0.05) is 32.1 Å². The number of carbonyl (C=O) groups is 2. The molecule has 2 N–H and O–H groups in total. The smallest absolute Gasteiger partial charge is 0.225 e. The number of nitrogens with one attached hydrogen (secondary N) is 2. The van der Waals surface area contributed by atoms with Crippen molar-refractivity contribution in [3.8, 4) is 0 Å². The molecule has 2 amide bonds. The molecular weight excluding hydrogens is 280 g/mol. The summed E-state index contributed by atoms with van der Waals surface area (Å²) in [5.41, 5.74) is 0. The van der Waals surface area contributed by atoms with Crippen LogP contribution in [0.1, 0.15) is 32.6 Å². The molecule has 0 saturated carbocycles. The highest BCUT2D eigenvalue weighted by Gasteiger charge is 2.36. The van der Waals surface area contributed by atoms with Gasteiger partial charge in [-0.05, 0) is 45.9 Å². The number of amides is 2. The SMILES string of the molecule is CCN1CCCC1CN1CC(C(=O)NCCCNC)CC1=O. The molecule has 0 aliphatic carbocycles. The maximum atomic E-state index is 12.2. The van der Waals surface area contributed by atoms with Gasteiger partial charge in [-0.25, -0.2) is 0 Å². The van der Waals surface area contributed by atoms with Crippen LogP contribution in [0.2, 0.25) is 0 Å². The summed E-state index contributed by atoms with van der Waals surface area (Å²) in [5, 5.41) is 6.00.